The van der Waals surface area contributed by atoms with E-state index in [1.165, 1.54) is 6.08 Å². The zero-order valence-corrected chi connectivity index (χ0v) is 10.9. The number of fused-ring (bicyclic) bond motifs is 1. The molecule has 100 valence electrons. The summed E-state index contributed by atoms with van der Waals surface area (Å²) in [6.07, 6.45) is 6.66. The normalized spacial score (nSPS) is 11.2. The van der Waals surface area contributed by atoms with Gasteiger partial charge in [-0.3, -0.25) is 14.8 Å². The van der Waals surface area contributed by atoms with Gasteiger partial charge in [0.1, 0.15) is 0 Å². The van der Waals surface area contributed by atoms with Crippen LogP contribution in [0, 0.1) is 0 Å². The number of rotatable bonds is 3. The summed E-state index contributed by atoms with van der Waals surface area (Å²) in [7, 11) is 1.83. The highest BCUT2D eigenvalue weighted by molar-refractivity contribution is 6.01. The third-order valence-electron chi connectivity index (χ3n) is 2.78. The Bertz CT molecular complexity index is 751. The minimum atomic E-state index is -0.243. The molecule has 0 saturated heterocycles. The lowest BCUT2D eigenvalue weighted by Crippen LogP contribution is -2.08. The molecule has 0 bridgehead atoms. The number of benzene rings is 1. The third kappa shape index (κ3) is 2.59. The standard InChI is InChI=1S/C14H13N5O/c1-19-9-10(8-15-19)6-7-13(20)18-14-16-11-4-2-3-5-12(11)17-14/h2-9H,1H3,(H2,16,17,18,20)/b7-6+. The van der Waals surface area contributed by atoms with Crippen LogP contribution in [0.1, 0.15) is 5.56 Å². The maximum Gasteiger partial charge on any atom is 0.250 e. The first kappa shape index (κ1) is 12.2. The molecule has 20 heavy (non-hydrogen) atoms. The van der Waals surface area contributed by atoms with Crippen molar-refractivity contribution in [2.45, 2.75) is 0 Å². The number of para-hydroxylation sites is 2. The van der Waals surface area contributed by atoms with Crippen LogP contribution in [0.5, 0.6) is 0 Å². The summed E-state index contributed by atoms with van der Waals surface area (Å²) >= 11 is 0. The van der Waals surface area contributed by atoms with E-state index in [0.717, 1.165) is 16.6 Å². The largest absolute Gasteiger partial charge is 0.324 e. The average Bonchev–Trinajstić information content (AvgIpc) is 3.01. The van der Waals surface area contributed by atoms with Gasteiger partial charge in [-0.15, -0.1) is 0 Å². The van der Waals surface area contributed by atoms with Crippen molar-refractivity contribution >= 4 is 29.0 Å². The van der Waals surface area contributed by atoms with E-state index in [4.69, 9.17) is 0 Å². The first-order valence-corrected chi connectivity index (χ1v) is 6.13. The number of hydrogen-bond donors (Lipinski definition) is 2. The van der Waals surface area contributed by atoms with Crippen LogP contribution in [0.2, 0.25) is 0 Å². The van der Waals surface area contributed by atoms with E-state index in [1.54, 1.807) is 17.0 Å². The van der Waals surface area contributed by atoms with Crippen molar-refractivity contribution in [3.05, 3.63) is 48.3 Å². The zero-order chi connectivity index (χ0) is 13.9. The lowest BCUT2D eigenvalue weighted by Gasteiger charge is -1.95. The first-order valence-electron chi connectivity index (χ1n) is 6.13. The van der Waals surface area contributed by atoms with Gasteiger partial charge < -0.3 is 4.98 Å². The highest BCUT2D eigenvalue weighted by Gasteiger charge is 2.04. The maximum absolute atomic E-state index is 11.8. The van der Waals surface area contributed by atoms with E-state index < -0.39 is 0 Å². The van der Waals surface area contributed by atoms with Crippen LogP contribution in [0.3, 0.4) is 0 Å². The van der Waals surface area contributed by atoms with Crippen LogP contribution in [-0.2, 0) is 11.8 Å². The highest BCUT2D eigenvalue weighted by atomic mass is 16.1. The number of carbonyl (C=O) groups is 1. The molecule has 6 nitrogen and oxygen atoms in total. The Morgan fingerprint density at radius 3 is 3.00 bits per heavy atom. The predicted octanol–water partition coefficient (Wildman–Crippen LogP) is 1.95. The van der Waals surface area contributed by atoms with Crippen molar-refractivity contribution in [2.24, 2.45) is 7.05 Å². The molecule has 0 unspecified atom stereocenters. The number of imidazole rings is 1. The Labute approximate surface area is 115 Å². The fourth-order valence-electron chi connectivity index (χ4n) is 1.87. The summed E-state index contributed by atoms with van der Waals surface area (Å²) < 4.78 is 1.68. The number of amides is 1. The van der Waals surface area contributed by atoms with E-state index in [1.807, 2.05) is 37.5 Å². The molecule has 2 heterocycles. The van der Waals surface area contributed by atoms with Crippen molar-refractivity contribution in [3.63, 3.8) is 0 Å². The molecule has 2 N–H and O–H groups in total. The molecule has 0 spiro atoms. The molecule has 6 heteroatoms. The molecule has 0 aliphatic heterocycles. The van der Waals surface area contributed by atoms with Crippen LogP contribution in [-0.4, -0.2) is 25.7 Å². The number of aromatic amines is 1. The van der Waals surface area contributed by atoms with Gasteiger partial charge in [-0.2, -0.15) is 5.10 Å². The summed E-state index contributed by atoms with van der Waals surface area (Å²) in [5.74, 6) is 0.194. The number of nitrogens with zero attached hydrogens (tertiary/aromatic N) is 3. The number of carbonyl (C=O) groups excluding carboxylic acids is 1. The van der Waals surface area contributed by atoms with Gasteiger partial charge in [0.25, 0.3) is 5.91 Å². The van der Waals surface area contributed by atoms with Crippen molar-refractivity contribution in [1.29, 1.82) is 0 Å². The number of anilines is 1. The Hall–Kier alpha value is -2.89. The molecular formula is C14H13N5O. The smallest absolute Gasteiger partial charge is 0.250 e. The topological polar surface area (TPSA) is 75.6 Å². The highest BCUT2D eigenvalue weighted by Crippen LogP contribution is 2.13. The molecule has 0 aliphatic carbocycles. The molecular weight excluding hydrogens is 254 g/mol. The Kier molecular flexibility index (Phi) is 3.04. The van der Waals surface area contributed by atoms with Gasteiger partial charge in [0.2, 0.25) is 5.95 Å². The molecule has 3 aromatic rings. The van der Waals surface area contributed by atoms with Crippen LogP contribution < -0.4 is 5.32 Å². The van der Waals surface area contributed by atoms with Crippen LogP contribution in [0.25, 0.3) is 17.1 Å². The Morgan fingerprint density at radius 2 is 2.25 bits per heavy atom. The second kappa shape index (κ2) is 5.00. The summed E-state index contributed by atoms with van der Waals surface area (Å²) in [6.45, 7) is 0. The minimum absolute atomic E-state index is 0.243. The van der Waals surface area contributed by atoms with E-state index in [0.29, 0.717) is 5.95 Å². The van der Waals surface area contributed by atoms with Gasteiger partial charge >= 0.3 is 0 Å². The summed E-state index contributed by atoms with van der Waals surface area (Å²) in [4.78, 5) is 19.1. The third-order valence-corrected chi connectivity index (χ3v) is 2.78. The number of nitrogens with one attached hydrogen (secondary N) is 2. The minimum Gasteiger partial charge on any atom is -0.324 e. The van der Waals surface area contributed by atoms with Crippen molar-refractivity contribution in [1.82, 2.24) is 19.7 Å². The van der Waals surface area contributed by atoms with Gasteiger partial charge in [0.15, 0.2) is 0 Å². The first-order chi connectivity index (χ1) is 9.70. The van der Waals surface area contributed by atoms with Gasteiger partial charge in [0.05, 0.1) is 17.2 Å². The second-order valence-corrected chi connectivity index (χ2v) is 4.37. The number of hydrogen-bond acceptors (Lipinski definition) is 3. The summed E-state index contributed by atoms with van der Waals surface area (Å²) in [5, 5.41) is 6.71. The molecule has 1 aromatic carbocycles. The van der Waals surface area contributed by atoms with Gasteiger partial charge in [-0.1, -0.05) is 12.1 Å². The fraction of sp³-hybridized carbons (Fsp3) is 0.0714. The fourth-order valence-corrected chi connectivity index (χ4v) is 1.87. The molecule has 0 fully saturated rings. The zero-order valence-electron chi connectivity index (χ0n) is 10.9. The van der Waals surface area contributed by atoms with Crippen LogP contribution >= 0.6 is 0 Å². The number of H-pyrrole nitrogens is 1. The summed E-state index contributed by atoms with van der Waals surface area (Å²) in [6, 6.07) is 7.60. The monoisotopic (exact) mass is 267 g/mol. The molecule has 1 amide bonds. The molecule has 0 radical (unpaired) electrons. The van der Waals surface area contributed by atoms with Gasteiger partial charge in [0, 0.05) is 24.9 Å². The maximum atomic E-state index is 11.8. The lowest BCUT2D eigenvalue weighted by molar-refractivity contribution is -0.111. The van der Waals surface area contributed by atoms with Gasteiger partial charge in [-0.25, -0.2) is 4.98 Å². The SMILES string of the molecule is Cn1cc(/C=C/C(=O)Nc2nc3ccccc3[nH]2)cn1. The van der Waals surface area contributed by atoms with Crippen molar-refractivity contribution < 1.29 is 4.79 Å². The molecule has 0 atom stereocenters. The average molecular weight is 267 g/mol. The lowest BCUT2D eigenvalue weighted by atomic mass is 10.3. The van der Waals surface area contributed by atoms with Crippen LogP contribution in [0.15, 0.2) is 42.7 Å². The van der Waals surface area contributed by atoms with E-state index in [-0.39, 0.29) is 5.91 Å². The summed E-state index contributed by atoms with van der Waals surface area (Å²) in [5.41, 5.74) is 2.57. The van der Waals surface area contributed by atoms with E-state index >= 15 is 0 Å². The quantitative estimate of drug-likeness (QED) is 0.712. The molecule has 0 saturated carbocycles. The van der Waals surface area contributed by atoms with Crippen molar-refractivity contribution in [3.8, 4) is 0 Å². The Balaban J connectivity index is 1.70. The van der Waals surface area contributed by atoms with Gasteiger partial charge in [-0.05, 0) is 18.2 Å². The predicted molar refractivity (Wildman–Crippen MR) is 77.0 cm³/mol. The Morgan fingerprint density at radius 1 is 1.40 bits per heavy atom. The van der Waals surface area contributed by atoms with Crippen LogP contribution in [0.4, 0.5) is 5.95 Å². The molecule has 3 rings (SSSR count). The molecule has 0 aliphatic rings. The van der Waals surface area contributed by atoms with Crippen molar-refractivity contribution in [2.75, 3.05) is 5.32 Å². The van der Waals surface area contributed by atoms with E-state index in [9.17, 15) is 4.79 Å². The number of aromatic nitrogens is 4. The number of aryl methyl sites for hydroxylation is 1. The second-order valence-electron chi connectivity index (χ2n) is 4.37. The molecule has 2 aromatic heterocycles. The van der Waals surface area contributed by atoms with E-state index in [2.05, 4.69) is 20.4 Å².